The molecule has 26 heavy (non-hydrogen) atoms. The molecule has 134 valence electrons. The molecule has 1 amide bonds. The molecule has 4 rings (SSSR count). The summed E-state index contributed by atoms with van der Waals surface area (Å²) in [6.07, 6.45) is 5.13. The van der Waals surface area contributed by atoms with Gasteiger partial charge in [0.1, 0.15) is 11.3 Å². The van der Waals surface area contributed by atoms with Crippen LogP contribution in [0.4, 0.5) is 11.6 Å². The predicted octanol–water partition coefficient (Wildman–Crippen LogP) is 1.01. The average molecular weight is 355 g/mol. The summed E-state index contributed by atoms with van der Waals surface area (Å²) in [5.41, 5.74) is 0.940. The molecule has 0 bridgehead atoms. The number of hydrogen-bond acceptors (Lipinski definition) is 6. The van der Waals surface area contributed by atoms with Gasteiger partial charge in [-0.2, -0.15) is 10.1 Å². The fourth-order valence-electron chi connectivity index (χ4n) is 3.05. The van der Waals surface area contributed by atoms with Crippen LogP contribution in [0.15, 0.2) is 24.5 Å². The van der Waals surface area contributed by atoms with Crippen molar-refractivity contribution in [3.05, 3.63) is 35.8 Å². The topological polar surface area (TPSA) is 118 Å². The number of nitrogens with zero attached hydrogens (tertiary/aromatic N) is 6. The first-order valence-electron chi connectivity index (χ1n) is 8.21. The summed E-state index contributed by atoms with van der Waals surface area (Å²) in [4.78, 5) is 30.3. The van der Waals surface area contributed by atoms with Crippen molar-refractivity contribution in [1.82, 2.24) is 24.4 Å². The number of pyridine rings is 1. The highest BCUT2D eigenvalue weighted by atomic mass is 16.4. The van der Waals surface area contributed by atoms with Gasteiger partial charge in [-0.25, -0.2) is 9.31 Å². The van der Waals surface area contributed by atoms with E-state index in [9.17, 15) is 14.7 Å². The highest BCUT2D eigenvalue weighted by Crippen LogP contribution is 2.19. The molecule has 1 aliphatic heterocycles. The van der Waals surface area contributed by atoms with E-state index in [1.807, 2.05) is 0 Å². The number of nitrogens with one attached hydrogen (secondary N) is 1. The molecule has 0 aliphatic carbocycles. The lowest BCUT2D eigenvalue weighted by Gasteiger charge is -2.10. The van der Waals surface area contributed by atoms with Crippen molar-refractivity contribution in [2.24, 2.45) is 7.05 Å². The lowest BCUT2D eigenvalue weighted by Crippen LogP contribution is -2.19. The Morgan fingerprint density at radius 1 is 1.27 bits per heavy atom. The van der Waals surface area contributed by atoms with E-state index in [0.717, 1.165) is 32.1 Å². The minimum atomic E-state index is -1.20. The molecule has 0 radical (unpaired) electrons. The first kappa shape index (κ1) is 16.1. The number of amides is 1. The van der Waals surface area contributed by atoms with Crippen molar-refractivity contribution >= 4 is 29.2 Å². The van der Waals surface area contributed by atoms with Crippen LogP contribution in [0.5, 0.6) is 0 Å². The molecule has 4 heterocycles. The number of carboxylic acid groups (broad SMARTS) is 1. The van der Waals surface area contributed by atoms with Gasteiger partial charge in [-0.1, -0.05) is 0 Å². The number of anilines is 2. The molecule has 0 aromatic carbocycles. The zero-order valence-electron chi connectivity index (χ0n) is 14.1. The van der Waals surface area contributed by atoms with Crippen LogP contribution in [0, 0.1) is 0 Å². The van der Waals surface area contributed by atoms with Crippen LogP contribution in [0.3, 0.4) is 0 Å². The number of carbonyl (C=O) groups excluding carboxylic acids is 1. The summed E-state index contributed by atoms with van der Waals surface area (Å²) in [6.45, 7) is 1.89. The first-order valence-corrected chi connectivity index (χ1v) is 8.21. The second-order valence-corrected chi connectivity index (χ2v) is 6.11. The zero-order chi connectivity index (χ0) is 18.3. The Bertz CT molecular complexity index is 1000. The van der Waals surface area contributed by atoms with Crippen LogP contribution in [0.25, 0.3) is 5.65 Å². The number of aromatic carboxylic acids is 1. The number of fused-ring (bicyclic) bond motifs is 1. The first-order chi connectivity index (χ1) is 12.5. The Hall–Kier alpha value is -3.43. The SMILES string of the molecule is Cn1ncc(C(=O)O)c1C(=O)Nc1ccn2nc(N3CCCC3)nc2c1. The number of hydrogen-bond donors (Lipinski definition) is 2. The van der Waals surface area contributed by atoms with Gasteiger partial charge in [0.2, 0.25) is 5.95 Å². The summed E-state index contributed by atoms with van der Waals surface area (Å²) < 4.78 is 2.88. The second kappa shape index (κ2) is 6.14. The third-order valence-electron chi connectivity index (χ3n) is 4.36. The molecule has 2 N–H and O–H groups in total. The van der Waals surface area contributed by atoms with Crippen molar-refractivity contribution in [3.8, 4) is 0 Å². The Kier molecular flexibility index (Phi) is 3.79. The summed E-state index contributed by atoms with van der Waals surface area (Å²) in [5.74, 6) is -1.08. The second-order valence-electron chi connectivity index (χ2n) is 6.11. The molecule has 1 fully saturated rings. The highest BCUT2D eigenvalue weighted by molar-refractivity contribution is 6.09. The third kappa shape index (κ3) is 2.75. The van der Waals surface area contributed by atoms with Crippen LogP contribution in [0.1, 0.15) is 33.7 Å². The maximum atomic E-state index is 12.5. The van der Waals surface area contributed by atoms with Crippen molar-refractivity contribution < 1.29 is 14.7 Å². The normalized spacial score (nSPS) is 14.1. The van der Waals surface area contributed by atoms with Gasteiger partial charge in [0.25, 0.3) is 5.91 Å². The summed E-state index contributed by atoms with van der Waals surface area (Å²) >= 11 is 0. The van der Waals surface area contributed by atoms with Crippen LogP contribution >= 0.6 is 0 Å². The predicted molar refractivity (Wildman–Crippen MR) is 92.6 cm³/mol. The van der Waals surface area contributed by atoms with E-state index in [-0.39, 0.29) is 11.3 Å². The quantitative estimate of drug-likeness (QED) is 0.717. The molecule has 0 atom stereocenters. The molecule has 3 aromatic heterocycles. The molecule has 0 saturated carbocycles. The monoisotopic (exact) mass is 355 g/mol. The minimum Gasteiger partial charge on any atom is -0.478 e. The average Bonchev–Trinajstić information content (AvgIpc) is 3.32. The van der Waals surface area contributed by atoms with E-state index in [4.69, 9.17) is 0 Å². The van der Waals surface area contributed by atoms with E-state index in [2.05, 4.69) is 25.4 Å². The fraction of sp³-hybridized carbons (Fsp3) is 0.312. The number of aromatic nitrogens is 5. The third-order valence-corrected chi connectivity index (χ3v) is 4.36. The zero-order valence-corrected chi connectivity index (χ0v) is 14.1. The van der Waals surface area contributed by atoms with Crippen LogP contribution < -0.4 is 10.2 Å². The largest absolute Gasteiger partial charge is 0.478 e. The van der Waals surface area contributed by atoms with Gasteiger partial charge in [-0.05, 0) is 18.9 Å². The van der Waals surface area contributed by atoms with E-state index < -0.39 is 11.9 Å². The van der Waals surface area contributed by atoms with Gasteiger partial charge < -0.3 is 15.3 Å². The van der Waals surface area contributed by atoms with Crippen LogP contribution in [-0.4, -0.2) is 54.5 Å². The maximum Gasteiger partial charge on any atom is 0.339 e. The molecule has 10 heteroatoms. The smallest absolute Gasteiger partial charge is 0.339 e. The number of carboxylic acids is 1. The number of rotatable bonds is 4. The summed E-state index contributed by atoms with van der Waals surface area (Å²) in [5, 5.41) is 20.2. The fourth-order valence-corrected chi connectivity index (χ4v) is 3.05. The molecule has 3 aromatic rings. The highest BCUT2D eigenvalue weighted by Gasteiger charge is 2.22. The molecular formula is C16H17N7O3. The van der Waals surface area contributed by atoms with Gasteiger partial charge in [0.15, 0.2) is 5.65 Å². The summed E-state index contributed by atoms with van der Waals surface area (Å²) in [7, 11) is 1.52. The van der Waals surface area contributed by atoms with Crippen molar-refractivity contribution in [1.29, 1.82) is 0 Å². The molecule has 0 spiro atoms. The molecule has 1 aliphatic rings. The standard InChI is InChI=1S/C16H17N7O3/c1-21-13(11(9-17-21)15(25)26)14(24)18-10-4-7-23-12(8-10)19-16(20-23)22-5-2-3-6-22/h4,7-9H,2-3,5-6H2,1H3,(H,18,24)(H,25,26). The van der Waals surface area contributed by atoms with E-state index >= 15 is 0 Å². The van der Waals surface area contributed by atoms with E-state index in [1.165, 1.54) is 11.7 Å². The molecule has 1 saturated heterocycles. The Labute approximate surface area is 148 Å². The van der Waals surface area contributed by atoms with Crippen molar-refractivity contribution in [2.45, 2.75) is 12.8 Å². The van der Waals surface area contributed by atoms with Gasteiger partial charge in [-0.15, -0.1) is 5.10 Å². The van der Waals surface area contributed by atoms with Crippen molar-refractivity contribution in [3.63, 3.8) is 0 Å². The van der Waals surface area contributed by atoms with E-state index in [0.29, 0.717) is 17.3 Å². The number of aryl methyl sites for hydroxylation is 1. The van der Waals surface area contributed by atoms with Gasteiger partial charge >= 0.3 is 5.97 Å². The van der Waals surface area contributed by atoms with E-state index in [1.54, 1.807) is 22.8 Å². The van der Waals surface area contributed by atoms with Gasteiger partial charge in [0, 0.05) is 38.1 Å². The van der Waals surface area contributed by atoms with Crippen molar-refractivity contribution in [2.75, 3.05) is 23.3 Å². The van der Waals surface area contributed by atoms with Crippen LogP contribution in [0.2, 0.25) is 0 Å². The molecular weight excluding hydrogens is 338 g/mol. The lowest BCUT2D eigenvalue weighted by atomic mass is 10.2. The van der Waals surface area contributed by atoms with Gasteiger partial charge in [0.05, 0.1) is 6.20 Å². The van der Waals surface area contributed by atoms with Crippen LogP contribution in [-0.2, 0) is 7.05 Å². The minimum absolute atomic E-state index is 0.0170. The Morgan fingerprint density at radius 3 is 2.77 bits per heavy atom. The maximum absolute atomic E-state index is 12.5. The Morgan fingerprint density at radius 2 is 2.04 bits per heavy atom. The van der Waals surface area contributed by atoms with Gasteiger partial charge in [-0.3, -0.25) is 9.48 Å². The lowest BCUT2D eigenvalue weighted by molar-refractivity contribution is 0.0692. The molecule has 0 unspecified atom stereocenters. The Balaban J connectivity index is 1.60. The summed E-state index contributed by atoms with van der Waals surface area (Å²) in [6, 6.07) is 3.38. The number of carbonyl (C=O) groups is 2. The molecule has 10 nitrogen and oxygen atoms in total.